The zero-order chi connectivity index (χ0) is 31.8. The maximum atomic E-state index is 16.6. The molecule has 4 heterocycles. The molecule has 4 aromatic rings. The van der Waals surface area contributed by atoms with Crippen molar-refractivity contribution in [2.45, 2.75) is 38.0 Å². The Kier molecular flexibility index (Phi) is 8.29. The lowest BCUT2D eigenvalue weighted by Gasteiger charge is -2.41. The van der Waals surface area contributed by atoms with E-state index in [9.17, 15) is 18.8 Å². The van der Waals surface area contributed by atoms with Crippen molar-refractivity contribution < 1.29 is 22.7 Å². The molecule has 1 unspecified atom stereocenters. The standard InChI is InChI=1S/C33H32F3N7O2/c1-19-6-4-7-21-8-5-9-25(27(19)21)29-28(36)30-26(15-38-29)31(40-33(39-30)45-18-24-14-22(35)16-41(24)3)42-12-13-43(32(44)20(2)34)23(17-42)10-11-37/h4-9,15,22-24H,2,10,12-14,16-18H2,1,3H3/t22-,23+,24?/m1/s1. The van der Waals surface area contributed by atoms with Crippen molar-refractivity contribution in [2.24, 2.45) is 0 Å². The van der Waals surface area contributed by atoms with Gasteiger partial charge in [-0.25, -0.2) is 13.2 Å². The Hall–Kier alpha value is -4.76. The molecule has 0 saturated carbocycles. The first-order valence-corrected chi connectivity index (χ1v) is 14.8. The fraction of sp³-hybridized carbons (Fsp3) is 0.364. The van der Waals surface area contributed by atoms with E-state index in [2.05, 4.69) is 27.6 Å². The number of hydrogen-bond donors (Lipinski definition) is 0. The molecule has 2 aromatic heterocycles. The molecule has 0 spiro atoms. The van der Waals surface area contributed by atoms with Crippen LogP contribution in [0, 0.1) is 24.1 Å². The van der Waals surface area contributed by atoms with E-state index in [1.165, 1.54) is 11.1 Å². The minimum absolute atomic E-state index is 0.0128. The molecule has 12 heteroatoms. The maximum Gasteiger partial charge on any atom is 0.319 e. The number of aromatic nitrogens is 3. The van der Waals surface area contributed by atoms with Gasteiger partial charge in [-0.2, -0.15) is 15.2 Å². The number of pyridine rings is 1. The first-order chi connectivity index (χ1) is 21.7. The van der Waals surface area contributed by atoms with Crippen molar-refractivity contribution in [2.75, 3.05) is 44.7 Å². The Morgan fingerprint density at radius 1 is 1.16 bits per heavy atom. The second kappa shape index (κ2) is 12.3. The SMILES string of the molecule is C=C(F)C(=O)N1CCN(c2nc(OCC3C[C@@H](F)CN3C)nc3c(F)c(-c4cccc5cccc(C)c45)ncc23)C[C@@H]1CC#N. The van der Waals surface area contributed by atoms with Crippen LogP contribution in [0.25, 0.3) is 32.9 Å². The van der Waals surface area contributed by atoms with Gasteiger partial charge < -0.3 is 14.5 Å². The number of piperazine rings is 1. The Balaban J connectivity index is 1.45. The summed E-state index contributed by atoms with van der Waals surface area (Å²) in [5.74, 6) is -2.33. The molecule has 0 aliphatic carbocycles. The van der Waals surface area contributed by atoms with Crippen LogP contribution in [-0.2, 0) is 4.79 Å². The topological polar surface area (TPSA) is 98.5 Å². The third-order valence-electron chi connectivity index (χ3n) is 8.66. The van der Waals surface area contributed by atoms with Gasteiger partial charge in [0.15, 0.2) is 11.6 Å². The lowest BCUT2D eigenvalue weighted by Crippen LogP contribution is -2.55. The maximum absolute atomic E-state index is 16.6. The number of benzene rings is 2. The summed E-state index contributed by atoms with van der Waals surface area (Å²) in [6.07, 6.45) is 0.787. The lowest BCUT2D eigenvalue weighted by molar-refractivity contribution is -0.131. The number of hydrogen-bond acceptors (Lipinski definition) is 8. The van der Waals surface area contributed by atoms with Crippen LogP contribution in [0.3, 0.4) is 0 Å². The number of carbonyl (C=O) groups is 1. The van der Waals surface area contributed by atoms with Gasteiger partial charge in [-0.1, -0.05) is 43.0 Å². The van der Waals surface area contributed by atoms with E-state index >= 15 is 4.39 Å². The second-order valence-corrected chi connectivity index (χ2v) is 11.6. The number of rotatable bonds is 7. The number of likely N-dealkylation sites (N-methyl/N-ethyl adjacent to an activating group) is 1. The van der Waals surface area contributed by atoms with E-state index in [0.717, 1.165) is 16.3 Å². The number of nitriles is 1. The number of carbonyl (C=O) groups excluding carboxylic acids is 1. The van der Waals surface area contributed by atoms with Crippen LogP contribution in [0.1, 0.15) is 18.4 Å². The summed E-state index contributed by atoms with van der Waals surface area (Å²) in [5.41, 5.74) is 1.69. The number of ether oxygens (including phenoxy) is 1. The molecule has 6 rings (SSSR count). The highest BCUT2D eigenvalue weighted by Gasteiger charge is 2.34. The van der Waals surface area contributed by atoms with E-state index in [0.29, 0.717) is 29.7 Å². The van der Waals surface area contributed by atoms with Crippen LogP contribution in [0.15, 0.2) is 55.0 Å². The van der Waals surface area contributed by atoms with Crippen molar-refractivity contribution >= 4 is 33.4 Å². The van der Waals surface area contributed by atoms with Gasteiger partial charge in [0.05, 0.1) is 23.9 Å². The minimum atomic E-state index is -1.11. The van der Waals surface area contributed by atoms with Crippen molar-refractivity contribution in [3.63, 3.8) is 0 Å². The third-order valence-corrected chi connectivity index (χ3v) is 8.66. The van der Waals surface area contributed by atoms with E-state index in [4.69, 9.17) is 4.74 Å². The Morgan fingerprint density at radius 2 is 1.93 bits per heavy atom. The van der Waals surface area contributed by atoms with Crippen LogP contribution in [0.4, 0.5) is 19.0 Å². The molecule has 2 aromatic carbocycles. The molecule has 2 fully saturated rings. The van der Waals surface area contributed by atoms with Gasteiger partial charge in [0.25, 0.3) is 5.91 Å². The van der Waals surface area contributed by atoms with Gasteiger partial charge in [-0.3, -0.25) is 14.7 Å². The highest BCUT2D eigenvalue weighted by atomic mass is 19.1. The number of fused-ring (bicyclic) bond motifs is 2. The molecule has 232 valence electrons. The smallest absolute Gasteiger partial charge is 0.319 e. The Labute approximate surface area is 258 Å². The lowest BCUT2D eigenvalue weighted by atomic mass is 9.97. The average Bonchev–Trinajstić information content (AvgIpc) is 3.36. The molecule has 45 heavy (non-hydrogen) atoms. The van der Waals surface area contributed by atoms with Gasteiger partial charge in [0.1, 0.15) is 29.8 Å². The molecule has 1 amide bonds. The van der Waals surface area contributed by atoms with E-state index in [1.54, 1.807) is 4.90 Å². The Morgan fingerprint density at radius 3 is 2.64 bits per heavy atom. The first-order valence-electron chi connectivity index (χ1n) is 14.8. The van der Waals surface area contributed by atoms with Crippen LogP contribution >= 0.6 is 0 Å². The van der Waals surface area contributed by atoms with Gasteiger partial charge in [0, 0.05) is 44.0 Å². The van der Waals surface area contributed by atoms with Gasteiger partial charge in [-0.05, 0) is 36.7 Å². The van der Waals surface area contributed by atoms with Gasteiger partial charge in [0.2, 0.25) is 0 Å². The fourth-order valence-electron chi connectivity index (χ4n) is 6.37. The summed E-state index contributed by atoms with van der Waals surface area (Å²) in [6, 6.07) is 12.6. The first kappa shape index (κ1) is 30.3. The summed E-state index contributed by atoms with van der Waals surface area (Å²) in [7, 11) is 1.81. The fourth-order valence-corrected chi connectivity index (χ4v) is 6.37. The number of aryl methyl sites for hydroxylation is 1. The third kappa shape index (κ3) is 5.76. The van der Waals surface area contributed by atoms with Crippen LogP contribution < -0.4 is 9.64 Å². The molecule has 0 N–H and O–H groups in total. The number of alkyl halides is 1. The zero-order valence-electron chi connectivity index (χ0n) is 25.0. The summed E-state index contributed by atoms with van der Waals surface area (Å²) in [6.45, 7) is 5.89. The zero-order valence-corrected chi connectivity index (χ0v) is 25.0. The monoisotopic (exact) mass is 615 g/mol. The molecule has 2 saturated heterocycles. The van der Waals surface area contributed by atoms with Crippen LogP contribution in [0.2, 0.25) is 0 Å². The minimum Gasteiger partial charge on any atom is -0.462 e. The van der Waals surface area contributed by atoms with E-state index in [-0.39, 0.29) is 55.9 Å². The molecule has 9 nitrogen and oxygen atoms in total. The highest BCUT2D eigenvalue weighted by molar-refractivity contribution is 6.00. The molecule has 2 aliphatic heterocycles. The summed E-state index contributed by atoms with van der Waals surface area (Å²) in [5, 5.41) is 11.6. The molecular weight excluding hydrogens is 583 g/mol. The predicted molar refractivity (Wildman–Crippen MR) is 165 cm³/mol. The van der Waals surface area contributed by atoms with E-state index in [1.807, 2.05) is 55.3 Å². The summed E-state index contributed by atoms with van der Waals surface area (Å²) < 4.78 is 50.4. The Bertz CT molecular complexity index is 1840. The molecule has 0 bridgehead atoms. The summed E-state index contributed by atoms with van der Waals surface area (Å²) in [4.78, 5) is 31.1. The molecule has 2 aliphatic rings. The van der Waals surface area contributed by atoms with Crippen molar-refractivity contribution in [1.82, 2.24) is 24.8 Å². The molecular formula is C33H32F3N7O2. The summed E-state index contributed by atoms with van der Waals surface area (Å²) >= 11 is 0. The average molecular weight is 616 g/mol. The van der Waals surface area contributed by atoms with Crippen molar-refractivity contribution in [3.8, 4) is 23.3 Å². The quantitative estimate of drug-likeness (QED) is 0.264. The number of amides is 1. The molecule has 3 atom stereocenters. The number of anilines is 1. The van der Waals surface area contributed by atoms with Crippen LogP contribution in [0.5, 0.6) is 6.01 Å². The van der Waals surface area contributed by atoms with Crippen molar-refractivity contribution in [3.05, 3.63) is 66.4 Å². The van der Waals surface area contributed by atoms with Gasteiger partial charge >= 0.3 is 6.01 Å². The second-order valence-electron chi connectivity index (χ2n) is 11.6. The van der Waals surface area contributed by atoms with E-state index < -0.39 is 29.8 Å². The molecule has 0 radical (unpaired) electrons. The number of likely N-dealkylation sites (tertiary alicyclic amines) is 1. The highest BCUT2D eigenvalue weighted by Crippen LogP contribution is 2.36. The van der Waals surface area contributed by atoms with Crippen LogP contribution in [-0.4, -0.2) is 88.7 Å². The number of halogens is 3. The predicted octanol–water partition coefficient (Wildman–Crippen LogP) is 5.13. The van der Waals surface area contributed by atoms with Gasteiger partial charge in [-0.15, -0.1) is 0 Å². The largest absolute Gasteiger partial charge is 0.462 e. The van der Waals surface area contributed by atoms with Crippen molar-refractivity contribution in [1.29, 1.82) is 5.26 Å². The number of nitrogens with zero attached hydrogens (tertiary/aromatic N) is 7. The normalized spacial score (nSPS) is 20.5.